The Hall–Kier alpha value is -2.01. The monoisotopic (exact) mass is 261 g/mol. The number of rotatable bonds is 4. The Morgan fingerprint density at radius 1 is 1.47 bits per heavy atom. The van der Waals surface area contributed by atoms with Gasteiger partial charge in [0, 0.05) is 35.4 Å². The van der Waals surface area contributed by atoms with E-state index in [1.807, 2.05) is 19.9 Å². The molecule has 2 rings (SSSR count). The molecular weight excluding hydrogens is 242 g/mol. The van der Waals surface area contributed by atoms with Gasteiger partial charge in [0.1, 0.15) is 0 Å². The summed E-state index contributed by atoms with van der Waals surface area (Å²) in [6.45, 7) is 4.13. The van der Waals surface area contributed by atoms with E-state index >= 15 is 0 Å². The number of aromatic nitrogens is 1. The zero-order valence-corrected chi connectivity index (χ0v) is 11.2. The minimum atomic E-state index is -0.0964. The van der Waals surface area contributed by atoms with E-state index in [1.54, 1.807) is 23.2 Å². The summed E-state index contributed by atoms with van der Waals surface area (Å²) in [4.78, 5) is 17.2. The van der Waals surface area contributed by atoms with E-state index < -0.39 is 0 Å². The molecule has 4 N–H and O–H groups in total. The van der Waals surface area contributed by atoms with Crippen LogP contribution in [0.4, 0.5) is 5.69 Å². The minimum Gasteiger partial charge on any atom is -0.399 e. The van der Waals surface area contributed by atoms with Crippen LogP contribution in [-0.2, 0) is 0 Å². The average Bonchev–Trinajstić information content (AvgIpc) is 2.77. The number of hydrogen-bond donors (Lipinski definition) is 3. The molecule has 0 saturated heterocycles. The van der Waals surface area contributed by atoms with Crippen LogP contribution < -0.4 is 5.73 Å². The number of benzene rings is 1. The number of amides is 1. The van der Waals surface area contributed by atoms with E-state index in [2.05, 4.69) is 4.98 Å². The summed E-state index contributed by atoms with van der Waals surface area (Å²) in [6, 6.07) is 5.47. The SMILES string of the molecule is CC(C)N(CCO)C(=O)c1c[nH]c2ccc(N)cc12. The second-order valence-corrected chi connectivity index (χ2v) is 4.82. The molecule has 0 fully saturated rings. The third-order valence-corrected chi connectivity index (χ3v) is 3.16. The van der Waals surface area contributed by atoms with Crippen molar-refractivity contribution >= 4 is 22.5 Å². The molecule has 0 saturated carbocycles. The molecule has 1 heterocycles. The Labute approximate surface area is 112 Å². The Bertz CT molecular complexity index is 589. The number of nitrogens with two attached hydrogens (primary N) is 1. The van der Waals surface area contributed by atoms with Gasteiger partial charge in [0.15, 0.2) is 0 Å². The van der Waals surface area contributed by atoms with Gasteiger partial charge < -0.3 is 20.7 Å². The molecule has 0 bridgehead atoms. The second kappa shape index (κ2) is 5.32. The molecule has 0 atom stereocenters. The van der Waals surface area contributed by atoms with Gasteiger partial charge in [-0.25, -0.2) is 0 Å². The predicted molar refractivity (Wildman–Crippen MR) is 76.0 cm³/mol. The molecule has 0 unspecified atom stereocenters. The molecule has 0 aliphatic heterocycles. The smallest absolute Gasteiger partial charge is 0.256 e. The van der Waals surface area contributed by atoms with E-state index in [4.69, 9.17) is 10.8 Å². The number of hydrogen-bond acceptors (Lipinski definition) is 3. The first-order valence-corrected chi connectivity index (χ1v) is 6.33. The maximum atomic E-state index is 12.5. The molecule has 0 spiro atoms. The fourth-order valence-electron chi connectivity index (χ4n) is 2.17. The van der Waals surface area contributed by atoms with Crippen LogP contribution in [0.2, 0.25) is 0 Å². The predicted octanol–water partition coefficient (Wildman–Crippen LogP) is 1.59. The Balaban J connectivity index is 2.42. The van der Waals surface area contributed by atoms with Gasteiger partial charge in [-0.3, -0.25) is 4.79 Å². The van der Waals surface area contributed by atoms with Crippen molar-refractivity contribution in [3.05, 3.63) is 30.0 Å². The van der Waals surface area contributed by atoms with Gasteiger partial charge in [-0.05, 0) is 32.0 Å². The van der Waals surface area contributed by atoms with Gasteiger partial charge in [-0.2, -0.15) is 0 Å². The Kier molecular flexibility index (Phi) is 3.76. The fourth-order valence-corrected chi connectivity index (χ4v) is 2.17. The van der Waals surface area contributed by atoms with Crippen LogP contribution >= 0.6 is 0 Å². The van der Waals surface area contributed by atoms with E-state index in [0.29, 0.717) is 17.8 Å². The highest BCUT2D eigenvalue weighted by Gasteiger charge is 2.21. The lowest BCUT2D eigenvalue weighted by atomic mass is 10.1. The van der Waals surface area contributed by atoms with Crippen LogP contribution in [0.1, 0.15) is 24.2 Å². The van der Waals surface area contributed by atoms with Crippen molar-refractivity contribution in [3.8, 4) is 0 Å². The van der Waals surface area contributed by atoms with Crippen LogP contribution in [0.25, 0.3) is 10.9 Å². The summed E-state index contributed by atoms with van der Waals surface area (Å²) >= 11 is 0. The summed E-state index contributed by atoms with van der Waals surface area (Å²) in [7, 11) is 0. The van der Waals surface area contributed by atoms with E-state index in [-0.39, 0.29) is 18.6 Å². The lowest BCUT2D eigenvalue weighted by Gasteiger charge is -2.25. The highest BCUT2D eigenvalue weighted by molar-refractivity contribution is 6.07. The molecule has 2 aromatic rings. The number of nitrogens with zero attached hydrogens (tertiary/aromatic N) is 1. The molecule has 1 amide bonds. The highest BCUT2D eigenvalue weighted by Crippen LogP contribution is 2.22. The lowest BCUT2D eigenvalue weighted by Crippen LogP contribution is -2.38. The van der Waals surface area contributed by atoms with Crippen molar-refractivity contribution < 1.29 is 9.90 Å². The second-order valence-electron chi connectivity index (χ2n) is 4.82. The van der Waals surface area contributed by atoms with E-state index in [9.17, 15) is 4.79 Å². The standard InChI is InChI=1S/C14H19N3O2/c1-9(2)17(5-6-18)14(19)12-8-16-13-4-3-10(15)7-11(12)13/h3-4,7-9,16,18H,5-6,15H2,1-2H3. The number of aliphatic hydroxyl groups is 1. The number of anilines is 1. The molecule has 102 valence electrons. The van der Waals surface area contributed by atoms with Gasteiger partial charge in [0.05, 0.1) is 12.2 Å². The topological polar surface area (TPSA) is 82.3 Å². The quantitative estimate of drug-likeness (QED) is 0.731. The van der Waals surface area contributed by atoms with Crippen molar-refractivity contribution in [3.63, 3.8) is 0 Å². The summed E-state index contributed by atoms with van der Waals surface area (Å²) < 4.78 is 0. The number of carbonyl (C=O) groups excluding carboxylic acids is 1. The molecule has 1 aromatic heterocycles. The van der Waals surface area contributed by atoms with Crippen LogP contribution in [0, 0.1) is 0 Å². The normalized spacial score (nSPS) is 11.2. The van der Waals surface area contributed by atoms with Crippen molar-refractivity contribution in [2.45, 2.75) is 19.9 Å². The van der Waals surface area contributed by atoms with Crippen LogP contribution in [0.3, 0.4) is 0 Å². The van der Waals surface area contributed by atoms with Crippen LogP contribution in [0.5, 0.6) is 0 Å². The van der Waals surface area contributed by atoms with Crippen molar-refractivity contribution in [1.82, 2.24) is 9.88 Å². The first-order valence-electron chi connectivity index (χ1n) is 6.33. The van der Waals surface area contributed by atoms with Crippen molar-refractivity contribution in [2.75, 3.05) is 18.9 Å². The first kappa shape index (κ1) is 13.4. The van der Waals surface area contributed by atoms with Gasteiger partial charge >= 0.3 is 0 Å². The molecule has 0 aliphatic rings. The van der Waals surface area contributed by atoms with Crippen molar-refractivity contribution in [1.29, 1.82) is 0 Å². The third-order valence-electron chi connectivity index (χ3n) is 3.16. The highest BCUT2D eigenvalue weighted by atomic mass is 16.3. The molecular formula is C14H19N3O2. The summed E-state index contributed by atoms with van der Waals surface area (Å²) in [5.74, 6) is -0.0964. The van der Waals surface area contributed by atoms with Gasteiger partial charge in [-0.1, -0.05) is 0 Å². The Morgan fingerprint density at radius 3 is 2.84 bits per heavy atom. The Morgan fingerprint density at radius 2 is 2.21 bits per heavy atom. The van der Waals surface area contributed by atoms with Gasteiger partial charge in [0.2, 0.25) is 0 Å². The number of nitrogens with one attached hydrogen (secondary N) is 1. The van der Waals surface area contributed by atoms with E-state index in [0.717, 1.165) is 10.9 Å². The number of nitrogen functional groups attached to an aromatic ring is 1. The average molecular weight is 261 g/mol. The fraction of sp³-hybridized carbons (Fsp3) is 0.357. The number of carbonyl (C=O) groups is 1. The molecule has 0 aliphatic carbocycles. The molecule has 5 nitrogen and oxygen atoms in total. The lowest BCUT2D eigenvalue weighted by molar-refractivity contribution is 0.0667. The largest absolute Gasteiger partial charge is 0.399 e. The van der Waals surface area contributed by atoms with Crippen LogP contribution in [0.15, 0.2) is 24.4 Å². The van der Waals surface area contributed by atoms with Crippen LogP contribution in [-0.4, -0.2) is 40.1 Å². The summed E-state index contributed by atoms with van der Waals surface area (Å²) in [5.41, 5.74) is 7.86. The molecule has 0 radical (unpaired) electrons. The summed E-state index contributed by atoms with van der Waals surface area (Å²) in [5, 5.41) is 9.88. The zero-order valence-electron chi connectivity index (χ0n) is 11.2. The maximum Gasteiger partial charge on any atom is 0.256 e. The molecule has 5 heteroatoms. The van der Waals surface area contributed by atoms with Gasteiger partial charge in [-0.15, -0.1) is 0 Å². The first-order chi connectivity index (χ1) is 9.04. The maximum absolute atomic E-state index is 12.5. The summed E-state index contributed by atoms with van der Waals surface area (Å²) in [6.07, 6.45) is 1.69. The number of H-pyrrole nitrogens is 1. The number of fused-ring (bicyclic) bond motifs is 1. The molecule has 1 aromatic carbocycles. The zero-order chi connectivity index (χ0) is 14.0. The van der Waals surface area contributed by atoms with Gasteiger partial charge in [0.25, 0.3) is 5.91 Å². The number of aliphatic hydroxyl groups excluding tert-OH is 1. The third kappa shape index (κ3) is 2.56. The number of aromatic amines is 1. The minimum absolute atomic E-state index is 0.0330. The van der Waals surface area contributed by atoms with E-state index in [1.165, 1.54) is 0 Å². The van der Waals surface area contributed by atoms with Crippen molar-refractivity contribution in [2.24, 2.45) is 0 Å². The molecule has 19 heavy (non-hydrogen) atoms.